The molecular weight excluding hydrogens is 466 g/mol. The van der Waals surface area contributed by atoms with Crippen molar-refractivity contribution in [2.24, 2.45) is 11.0 Å². The van der Waals surface area contributed by atoms with E-state index in [2.05, 4.69) is 6.08 Å². The van der Waals surface area contributed by atoms with Crippen LogP contribution in [0.2, 0.25) is 0 Å². The third-order valence-corrected chi connectivity index (χ3v) is 6.80. The topological polar surface area (TPSA) is 88.1 Å². The number of nitriles is 1. The van der Waals surface area contributed by atoms with Crippen molar-refractivity contribution in [3.8, 4) is 17.6 Å². The lowest BCUT2D eigenvalue weighted by Crippen LogP contribution is -2.32. The molecule has 2 heterocycles. The molecule has 0 radical (unpaired) electrons. The Bertz CT molecular complexity index is 1390. The van der Waals surface area contributed by atoms with Crippen LogP contribution in [0.4, 0.5) is 0 Å². The lowest BCUT2D eigenvalue weighted by molar-refractivity contribution is -0.129. The molecule has 37 heavy (non-hydrogen) atoms. The number of benzene rings is 2. The van der Waals surface area contributed by atoms with Crippen molar-refractivity contribution in [3.63, 3.8) is 0 Å². The number of hydrazone groups is 1. The SMILES string of the molecule is COc1ccc(/C=C2\CCC[C@@H]3C2=NN(C(=O)/C(C#N)=C/c2ccco2)[C@@H]3c2ccc(OC)cc2)cc1. The van der Waals surface area contributed by atoms with Crippen LogP contribution >= 0.6 is 0 Å². The summed E-state index contributed by atoms with van der Waals surface area (Å²) in [5, 5.41) is 16.2. The van der Waals surface area contributed by atoms with Gasteiger partial charge in [-0.3, -0.25) is 4.79 Å². The Balaban J connectivity index is 1.56. The van der Waals surface area contributed by atoms with Crippen LogP contribution in [-0.4, -0.2) is 30.8 Å². The summed E-state index contributed by atoms with van der Waals surface area (Å²) in [6.45, 7) is 0. The molecule has 0 unspecified atom stereocenters. The van der Waals surface area contributed by atoms with Gasteiger partial charge in [0.05, 0.1) is 32.2 Å². The van der Waals surface area contributed by atoms with Crippen LogP contribution in [0, 0.1) is 17.2 Å². The van der Waals surface area contributed by atoms with Gasteiger partial charge in [-0.05, 0) is 78.4 Å². The van der Waals surface area contributed by atoms with E-state index in [0.29, 0.717) is 5.76 Å². The van der Waals surface area contributed by atoms with Gasteiger partial charge in [-0.2, -0.15) is 10.4 Å². The van der Waals surface area contributed by atoms with Crippen LogP contribution in [0.15, 0.2) is 87.6 Å². The molecule has 0 spiro atoms. The average molecular weight is 494 g/mol. The van der Waals surface area contributed by atoms with E-state index < -0.39 is 5.91 Å². The summed E-state index contributed by atoms with van der Waals surface area (Å²) >= 11 is 0. The number of fused-ring (bicyclic) bond motifs is 1. The molecule has 7 nitrogen and oxygen atoms in total. The Kier molecular flexibility index (Phi) is 6.91. The van der Waals surface area contributed by atoms with Gasteiger partial charge in [-0.1, -0.05) is 24.3 Å². The van der Waals surface area contributed by atoms with Gasteiger partial charge < -0.3 is 13.9 Å². The van der Waals surface area contributed by atoms with Gasteiger partial charge in [-0.15, -0.1) is 0 Å². The summed E-state index contributed by atoms with van der Waals surface area (Å²) in [4.78, 5) is 13.7. The highest BCUT2D eigenvalue weighted by Crippen LogP contribution is 2.45. The Morgan fingerprint density at radius 1 is 1.08 bits per heavy atom. The van der Waals surface area contributed by atoms with Gasteiger partial charge in [-0.25, -0.2) is 5.01 Å². The highest BCUT2D eigenvalue weighted by Gasteiger charge is 2.44. The number of rotatable bonds is 6. The maximum Gasteiger partial charge on any atom is 0.285 e. The molecule has 0 N–H and O–H groups in total. The maximum absolute atomic E-state index is 13.7. The predicted octanol–water partition coefficient (Wildman–Crippen LogP) is 6.03. The molecule has 1 aliphatic carbocycles. The number of amides is 1. The molecule has 7 heteroatoms. The van der Waals surface area contributed by atoms with Crippen LogP contribution in [0.25, 0.3) is 12.2 Å². The van der Waals surface area contributed by atoms with Crippen LogP contribution in [0.3, 0.4) is 0 Å². The fraction of sp³-hybridized carbons (Fsp3) is 0.233. The number of hydrogen-bond acceptors (Lipinski definition) is 6. The number of carbonyl (C=O) groups is 1. The third kappa shape index (κ3) is 4.91. The second-order valence-corrected chi connectivity index (χ2v) is 8.98. The average Bonchev–Trinajstić information content (AvgIpc) is 3.60. The summed E-state index contributed by atoms with van der Waals surface area (Å²) in [6, 6.07) is 20.7. The normalized spacial score (nSPS) is 20.2. The number of furan rings is 1. The summed E-state index contributed by atoms with van der Waals surface area (Å²) in [7, 11) is 3.27. The minimum atomic E-state index is -0.453. The van der Waals surface area contributed by atoms with E-state index in [-0.39, 0.29) is 17.5 Å². The first-order valence-electron chi connectivity index (χ1n) is 12.2. The predicted molar refractivity (Wildman–Crippen MR) is 141 cm³/mol. The number of nitrogens with zero attached hydrogens (tertiary/aromatic N) is 3. The first-order chi connectivity index (χ1) is 18.1. The van der Waals surface area contributed by atoms with Crippen LogP contribution in [0.1, 0.15) is 42.2 Å². The molecule has 1 fully saturated rings. The van der Waals surface area contributed by atoms with Crippen molar-refractivity contribution in [1.29, 1.82) is 5.26 Å². The van der Waals surface area contributed by atoms with Crippen molar-refractivity contribution < 1.29 is 18.7 Å². The maximum atomic E-state index is 13.7. The van der Waals surface area contributed by atoms with Crippen molar-refractivity contribution in [2.75, 3.05) is 14.2 Å². The second kappa shape index (κ2) is 10.6. The number of ether oxygens (including phenoxy) is 2. The van der Waals surface area contributed by atoms with Crippen LogP contribution < -0.4 is 9.47 Å². The highest BCUT2D eigenvalue weighted by molar-refractivity contribution is 6.10. The number of carbonyl (C=O) groups excluding carboxylic acids is 1. The lowest BCUT2D eigenvalue weighted by Gasteiger charge is -2.29. The Labute approximate surface area is 215 Å². The van der Waals surface area contributed by atoms with Gasteiger partial charge in [0.15, 0.2) is 0 Å². The van der Waals surface area contributed by atoms with E-state index in [9.17, 15) is 10.1 Å². The minimum Gasteiger partial charge on any atom is -0.497 e. The van der Waals surface area contributed by atoms with E-state index >= 15 is 0 Å². The van der Waals surface area contributed by atoms with E-state index in [0.717, 1.165) is 53.2 Å². The van der Waals surface area contributed by atoms with Gasteiger partial charge in [0.25, 0.3) is 5.91 Å². The molecule has 5 rings (SSSR count). The molecular formula is C30H27N3O4. The lowest BCUT2D eigenvalue weighted by atomic mass is 9.77. The number of allylic oxidation sites excluding steroid dienone is 1. The monoisotopic (exact) mass is 493 g/mol. The fourth-order valence-corrected chi connectivity index (χ4v) is 4.98. The third-order valence-electron chi connectivity index (χ3n) is 6.80. The smallest absolute Gasteiger partial charge is 0.285 e. The molecule has 2 aliphatic rings. The van der Waals surface area contributed by atoms with E-state index in [4.69, 9.17) is 19.0 Å². The Morgan fingerprint density at radius 3 is 2.41 bits per heavy atom. The quantitative estimate of drug-likeness (QED) is 0.309. The number of methoxy groups -OCH3 is 2. The van der Waals surface area contributed by atoms with Crippen LogP contribution in [0.5, 0.6) is 11.5 Å². The molecule has 2 aromatic carbocycles. The van der Waals surface area contributed by atoms with E-state index in [1.807, 2.05) is 54.6 Å². The fourth-order valence-electron chi connectivity index (χ4n) is 4.98. The van der Waals surface area contributed by atoms with Gasteiger partial charge in [0.2, 0.25) is 0 Å². The standard InChI is InChI=1S/C30H27N3O4/c1-35-24-12-8-20(9-13-24)17-22-5-3-7-27-28(22)32-33(29(27)21-10-14-25(36-2)15-11-21)30(34)23(19-31)18-26-6-4-16-37-26/h4,6,8-18,27,29H,3,5,7H2,1-2H3/b22-17+,23-18+/t27-,29-/m1/s1. The molecule has 186 valence electrons. The van der Waals surface area contributed by atoms with Gasteiger partial charge >= 0.3 is 0 Å². The highest BCUT2D eigenvalue weighted by atomic mass is 16.5. The molecule has 1 aromatic heterocycles. The van der Waals surface area contributed by atoms with E-state index in [1.54, 1.807) is 26.4 Å². The first-order valence-corrected chi connectivity index (χ1v) is 12.2. The van der Waals surface area contributed by atoms with Gasteiger partial charge in [0.1, 0.15) is 28.9 Å². The number of hydrogen-bond donors (Lipinski definition) is 0. The van der Waals surface area contributed by atoms with Gasteiger partial charge in [0, 0.05) is 12.0 Å². The van der Waals surface area contributed by atoms with E-state index in [1.165, 1.54) is 17.3 Å². The molecule has 3 aromatic rings. The molecule has 1 aliphatic heterocycles. The first kappa shape index (κ1) is 24.1. The molecule has 2 atom stereocenters. The minimum absolute atomic E-state index is 0.0131. The zero-order chi connectivity index (χ0) is 25.8. The zero-order valence-corrected chi connectivity index (χ0v) is 20.8. The summed E-state index contributed by atoms with van der Waals surface area (Å²) in [5.41, 5.74) is 3.95. The molecule has 1 saturated carbocycles. The summed E-state index contributed by atoms with van der Waals surface area (Å²) in [5.74, 6) is 1.53. The van der Waals surface area contributed by atoms with Crippen molar-refractivity contribution in [3.05, 3.63) is 95.0 Å². The zero-order valence-electron chi connectivity index (χ0n) is 20.8. The van der Waals surface area contributed by atoms with Crippen molar-refractivity contribution in [2.45, 2.75) is 25.3 Å². The molecule has 1 amide bonds. The Morgan fingerprint density at radius 2 is 1.78 bits per heavy atom. The summed E-state index contributed by atoms with van der Waals surface area (Å²) in [6.07, 6.45) is 7.84. The second-order valence-electron chi connectivity index (χ2n) is 8.98. The van der Waals surface area contributed by atoms with Crippen molar-refractivity contribution in [1.82, 2.24) is 5.01 Å². The molecule has 0 bridgehead atoms. The summed E-state index contributed by atoms with van der Waals surface area (Å²) < 4.78 is 16.0. The molecule has 0 saturated heterocycles. The van der Waals surface area contributed by atoms with Crippen LogP contribution in [-0.2, 0) is 4.79 Å². The Hall–Kier alpha value is -4.57. The van der Waals surface area contributed by atoms with Crippen molar-refractivity contribution >= 4 is 23.8 Å². The largest absolute Gasteiger partial charge is 0.497 e.